The van der Waals surface area contributed by atoms with Crippen LogP contribution in [0.4, 0.5) is 0 Å². The lowest BCUT2D eigenvalue weighted by atomic mass is 9.96. The van der Waals surface area contributed by atoms with Crippen molar-refractivity contribution in [2.75, 3.05) is 0 Å². The van der Waals surface area contributed by atoms with Crippen LogP contribution in [0.3, 0.4) is 0 Å². The lowest BCUT2D eigenvalue weighted by Gasteiger charge is -2.19. The summed E-state index contributed by atoms with van der Waals surface area (Å²) in [5.41, 5.74) is 3.18. The van der Waals surface area contributed by atoms with E-state index in [2.05, 4.69) is 0 Å². The van der Waals surface area contributed by atoms with Crippen molar-refractivity contribution >= 4 is 11.5 Å². The second-order valence-corrected chi connectivity index (χ2v) is 7.32. The van der Waals surface area contributed by atoms with Gasteiger partial charge in [-0.25, -0.2) is 4.79 Å². The van der Waals surface area contributed by atoms with Crippen LogP contribution < -0.4 is 9.47 Å². The summed E-state index contributed by atoms with van der Waals surface area (Å²) in [5, 5.41) is 20.9. The van der Waals surface area contributed by atoms with Crippen molar-refractivity contribution in [1.29, 1.82) is 0 Å². The number of allylic oxidation sites excluding steroid dienone is 4. The number of carbonyl (C=O) groups excluding carboxylic acids is 1. The lowest BCUT2D eigenvalue weighted by Crippen LogP contribution is -2.11. The molecule has 0 aliphatic carbocycles. The van der Waals surface area contributed by atoms with Crippen LogP contribution in [-0.2, 0) is 0 Å². The van der Waals surface area contributed by atoms with Gasteiger partial charge in [0.05, 0.1) is 0 Å². The van der Waals surface area contributed by atoms with Crippen molar-refractivity contribution in [2.24, 2.45) is 0 Å². The van der Waals surface area contributed by atoms with E-state index in [4.69, 9.17) is 9.47 Å². The SMILES string of the molecule is C/C=C\C(C)c1cc(O)c(C)c2c1Oc1c(C)c(O)cc(/C(C)=C/C)c1C(=O)O2. The van der Waals surface area contributed by atoms with Crippen LogP contribution in [0.1, 0.15) is 66.2 Å². The summed E-state index contributed by atoms with van der Waals surface area (Å²) in [7, 11) is 0. The van der Waals surface area contributed by atoms with Gasteiger partial charge < -0.3 is 19.7 Å². The summed E-state index contributed by atoms with van der Waals surface area (Å²) in [6, 6.07) is 3.19. The molecule has 0 saturated heterocycles. The predicted octanol–water partition coefficient (Wildman–Crippen LogP) is 6.14. The number of aromatic hydroxyl groups is 2. The Labute approximate surface area is 170 Å². The molecule has 2 aromatic carbocycles. The zero-order chi connectivity index (χ0) is 21.5. The second-order valence-electron chi connectivity index (χ2n) is 7.32. The van der Waals surface area contributed by atoms with Gasteiger partial charge in [0.1, 0.15) is 22.8 Å². The maximum absolute atomic E-state index is 13.1. The van der Waals surface area contributed by atoms with Crippen molar-refractivity contribution in [2.45, 2.75) is 47.5 Å². The number of rotatable bonds is 3. The van der Waals surface area contributed by atoms with Crippen molar-refractivity contribution in [1.82, 2.24) is 0 Å². The Hall–Kier alpha value is -3.21. The van der Waals surface area contributed by atoms with E-state index in [-0.39, 0.29) is 34.5 Å². The Morgan fingerprint density at radius 1 is 1.00 bits per heavy atom. The minimum atomic E-state index is -0.587. The maximum Gasteiger partial charge on any atom is 0.348 e. The Balaban J connectivity index is 2.37. The molecule has 152 valence electrons. The van der Waals surface area contributed by atoms with Crippen molar-refractivity contribution in [3.63, 3.8) is 0 Å². The highest BCUT2D eigenvalue weighted by atomic mass is 16.6. The van der Waals surface area contributed by atoms with Gasteiger partial charge in [0.15, 0.2) is 11.5 Å². The smallest absolute Gasteiger partial charge is 0.348 e. The summed E-state index contributed by atoms with van der Waals surface area (Å²) in [6.45, 7) is 11.0. The molecule has 29 heavy (non-hydrogen) atoms. The summed E-state index contributed by atoms with van der Waals surface area (Å²) < 4.78 is 12.0. The molecule has 5 heteroatoms. The summed E-state index contributed by atoms with van der Waals surface area (Å²) >= 11 is 0. The highest BCUT2D eigenvalue weighted by Crippen LogP contribution is 2.50. The number of hydrogen-bond acceptors (Lipinski definition) is 5. The van der Waals surface area contributed by atoms with E-state index in [1.807, 2.05) is 45.9 Å². The van der Waals surface area contributed by atoms with Crippen molar-refractivity contribution in [3.05, 3.63) is 58.2 Å². The average molecular weight is 394 g/mol. The van der Waals surface area contributed by atoms with E-state index < -0.39 is 5.97 Å². The van der Waals surface area contributed by atoms with Gasteiger partial charge >= 0.3 is 5.97 Å². The molecule has 0 fully saturated rings. The molecule has 2 N–H and O–H groups in total. The number of ether oxygens (including phenoxy) is 2. The Kier molecular flexibility index (Phi) is 5.42. The summed E-state index contributed by atoms with van der Waals surface area (Å²) in [4.78, 5) is 13.1. The molecule has 1 heterocycles. The molecule has 0 saturated carbocycles. The minimum absolute atomic E-state index is 0.0295. The first-order valence-electron chi connectivity index (χ1n) is 9.60. The van der Waals surface area contributed by atoms with Crippen LogP contribution in [0.2, 0.25) is 0 Å². The molecule has 2 aromatic rings. The molecule has 1 aliphatic rings. The van der Waals surface area contributed by atoms with Crippen LogP contribution in [-0.4, -0.2) is 16.2 Å². The number of esters is 1. The van der Waals surface area contributed by atoms with Gasteiger partial charge in [-0.05, 0) is 57.9 Å². The standard InChI is InChI=1S/C24H26O5/c1-7-9-13(4)17-11-19(26)15(6)22-23(17)28-21-14(5)18(25)10-16(12(3)8-2)20(21)24(27)29-22/h7-11,13,25-26H,1-6H3/b9-7-,12-8+. The van der Waals surface area contributed by atoms with Gasteiger partial charge in [0, 0.05) is 22.6 Å². The zero-order valence-corrected chi connectivity index (χ0v) is 17.6. The van der Waals surface area contributed by atoms with E-state index in [9.17, 15) is 15.0 Å². The highest BCUT2D eigenvalue weighted by Gasteiger charge is 2.33. The first kappa shape index (κ1) is 20.5. The summed E-state index contributed by atoms with van der Waals surface area (Å²) in [5.74, 6) is 0.225. The number of fused-ring (bicyclic) bond motifs is 2. The molecular weight excluding hydrogens is 368 g/mol. The highest BCUT2D eigenvalue weighted by molar-refractivity contribution is 6.01. The molecule has 0 spiro atoms. The molecule has 0 amide bonds. The number of phenolic OH excluding ortho intramolecular Hbond substituents is 2. The average Bonchev–Trinajstić information content (AvgIpc) is 2.84. The minimum Gasteiger partial charge on any atom is -0.508 e. The number of phenols is 2. The normalized spacial score (nSPS) is 14.7. The third-order valence-electron chi connectivity index (χ3n) is 5.42. The first-order valence-corrected chi connectivity index (χ1v) is 9.60. The molecule has 3 rings (SSSR count). The largest absolute Gasteiger partial charge is 0.508 e. The summed E-state index contributed by atoms with van der Waals surface area (Å²) in [6.07, 6.45) is 5.73. The van der Waals surface area contributed by atoms with E-state index in [1.165, 1.54) is 0 Å². The lowest BCUT2D eigenvalue weighted by molar-refractivity contribution is 0.0735. The predicted molar refractivity (Wildman–Crippen MR) is 113 cm³/mol. The topological polar surface area (TPSA) is 76.0 Å². The van der Waals surface area contributed by atoms with E-state index in [1.54, 1.807) is 26.0 Å². The fourth-order valence-corrected chi connectivity index (χ4v) is 3.48. The van der Waals surface area contributed by atoms with E-state index in [0.29, 0.717) is 28.0 Å². The van der Waals surface area contributed by atoms with Crippen LogP contribution in [0.5, 0.6) is 28.7 Å². The van der Waals surface area contributed by atoms with Crippen LogP contribution in [0, 0.1) is 13.8 Å². The van der Waals surface area contributed by atoms with Gasteiger partial charge in [-0.3, -0.25) is 0 Å². The van der Waals surface area contributed by atoms with Crippen LogP contribution in [0.25, 0.3) is 5.57 Å². The van der Waals surface area contributed by atoms with Gasteiger partial charge in [0.25, 0.3) is 0 Å². The molecule has 1 aliphatic heterocycles. The number of hydrogen-bond donors (Lipinski definition) is 2. The fraction of sp³-hybridized carbons (Fsp3) is 0.292. The second kappa shape index (κ2) is 7.66. The molecule has 0 radical (unpaired) electrons. The van der Waals surface area contributed by atoms with Crippen molar-refractivity contribution in [3.8, 4) is 28.7 Å². The monoisotopic (exact) mass is 394 g/mol. The molecule has 0 aromatic heterocycles. The first-order chi connectivity index (χ1) is 13.7. The van der Waals surface area contributed by atoms with Crippen molar-refractivity contribution < 1.29 is 24.5 Å². The van der Waals surface area contributed by atoms with Crippen LogP contribution in [0.15, 0.2) is 30.4 Å². The Bertz CT molecular complexity index is 1060. The Morgan fingerprint density at radius 2 is 1.62 bits per heavy atom. The van der Waals surface area contributed by atoms with Gasteiger partial charge in [-0.1, -0.05) is 25.2 Å². The third-order valence-corrected chi connectivity index (χ3v) is 5.42. The molecular formula is C24H26O5. The zero-order valence-electron chi connectivity index (χ0n) is 17.6. The molecule has 1 atom stereocenters. The number of carbonyl (C=O) groups is 1. The number of benzene rings is 2. The van der Waals surface area contributed by atoms with Gasteiger partial charge in [-0.15, -0.1) is 0 Å². The Morgan fingerprint density at radius 3 is 2.24 bits per heavy atom. The molecule has 0 bridgehead atoms. The van der Waals surface area contributed by atoms with Crippen LogP contribution >= 0.6 is 0 Å². The maximum atomic E-state index is 13.1. The molecule has 1 unspecified atom stereocenters. The fourth-order valence-electron chi connectivity index (χ4n) is 3.48. The molecule has 5 nitrogen and oxygen atoms in total. The quantitative estimate of drug-likeness (QED) is 0.371. The third kappa shape index (κ3) is 3.37. The van der Waals surface area contributed by atoms with Gasteiger partial charge in [0.2, 0.25) is 0 Å². The van der Waals surface area contributed by atoms with E-state index in [0.717, 1.165) is 5.57 Å². The van der Waals surface area contributed by atoms with Gasteiger partial charge in [-0.2, -0.15) is 0 Å². The van der Waals surface area contributed by atoms with E-state index >= 15 is 0 Å².